The van der Waals surface area contributed by atoms with Crippen LogP contribution in [0.25, 0.3) is 0 Å². The second kappa shape index (κ2) is 4.17. The Morgan fingerprint density at radius 2 is 2.20 bits per heavy atom. The van der Waals surface area contributed by atoms with Gasteiger partial charge in [0.15, 0.2) is 5.76 Å². The van der Waals surface area contributed by atoms with E-state index in [0.717, 1.165) is 0 Å². The Labute approximate surface area is 69.2 Å². The minimum atomic E-state index is 0.384. The van der Waals surface area contributed by atoms with E-state index in [4.69, 9.17) is 10.5 Å². The van der Waals surface area contributed by atoms with Gasteiger partial charge >= 0.3 is 0 Å². The first-order chi connectivity index (χ1) is 4.63. The second-order valence-electron chi connectivity index (χ2n) is 1.61. The van der Waals surface area contributed by atoms with E-state index in [-0.39, 0.29) is 0 Å². The van der Waals surface area contributed by atoms with Crippen molar-refractivity contribution < 1.29 is 4.74 Å². The second-order valence-corrected chi connectivity index (χ2v) is 2.46. The molecule has 2 N–H and O–H groups in total. The van der Waals surface area contributed by atoms with Crippen molar-refractivity contribution in [3.8, 4) is 0 Å². The maximum Gasteiger partial charge on any atom is 0.155 e. The van der Waals surface area contributed by atoms with Crippen LogP contribution in [-0.4, -0.2) is 7.11 Å². The molecule has 0 aliphatic heterocycles. The fraction of sp³-hybridized carbons (Fsp3) is 0.143. The standard InChI is InChI=1S/C7H10BrNO/c1-4-6(8)7(10-3)5(2)9/h4H,1-2,9H2,3H3/b7-6-. The van der Waals surface area contributed by atoms with Gasteiger partial charge in [-0.05, 0) is 15.9 Å². The average Bonchev–Trinajstić information content (AvgIpc) is 1.88. The van der Waals surface area contributed by atoms with Crippen molar-refractivity contribution in [3.05, 3.63) is 35.2 Å². The van der Waals surface area contributed by atoms with Crippen LogP contribution in [0.1, 0.15) is 0 Å². The van der Waals surface area contributed by atoms with Crippen molar-refractivity contribution in [2.75, 3.05) is 7.11 Å². The zero-order chi connectivity index (χ0) is 8.15. The molecule has 0 bridgehead atoms. The Bertz CT molecular complexity index is 184. The molecule has 0 spiro atoms. The van der Waals surface area contributed by atoms with E-state index in [0.29, 0.717) is 15.9 Å². The quantitative estimate of drug-likeness (QED) is 0.562. The summed E-state index contributed by atoms with van der Waals surface area (Å²) in [5, 5.41) is 0. The van der Waals surface area contributed by atoms with E-state index < -0.39 is 0 Å². The van der Waals surface area contributed by atoms with Gasteiger partial charge in [-0.15, -0.1) is 0 Å². The van der Waals surface area contributed by atoms with Gasteiger partial charge in [0.25, 0.3) is 0 Å². The Balaban J connectivity index is 4.62. The molecule has 0 aromatic heterocycles. The summed E-state index contributed by atoms with van der Waals surface area (Å²) in [5.74, 6) is 0.523. The van der Waals surface area contributed by atoms with Gasteiger partial charge in [-0.2, -0.15) is 0 Å². The highest BCUT2D eigenvalue weighted by atomic mass is 79.9. The SMILES string of the molecule is C=C/C(Br)=C(/OC)C(=C)N. The van der Waals surface area contributed by atoms with Gasteiger partial charge in [-0.1, -0.05) is 19.2 Å². The topological polar surface area (TPSA) is 35.2 Å². The molecule has 56 valence electrons. The number of ether oxygens (including phenoxy) is 1. The summed E-state index contributed by atoms with van der Waals surface area (Å²) < 4.78 is 5.61. The van der Waals surface area contributed by atoms with Crippen LogP contribution in [0.4, 0.5) is 0 Å². The molecule has 0 saturated heterocycles. The van der Waals surface area contributed by atoms with E-state index in [2.05, 4.69) is 29.1 Å². The third-order valence-electron chi connectivity index (χ3n) is 0.892. The van der Waals surface area contributed by atoms with E-state index >= 15 is 0 Å². The monoisotopic (exact) mass is 203 g/mol. The summed E-state index contributed by atoms with van der Waals surface area (Å²) in [4.78, 5) is 0. The highest BCUT2D eigenvalue weighted by Crippen LogP contribution is 2.16. The molecule has 0 unspecified atom stereocenters. The Morgan fingerprint density at radius 1 is 1.70 bits per heavy atom. The molecule has 0 saturated carbocycles. The minimum absolute atomic E-state index is 0.384. The first-order valence-corrected chi connectivity index (χ1v) is 3.43. The average molecular weight is 204 g/mol. The molecular formula is C7H10BrNO. The maximum absolute atomic E-state index is 5.37. The molecule has 0 aromatic carbocycles. The van der Waals surface area contributed by atoms with Crippen molar-refractivity contribution in [1.29, 1.82) is 0 Å². The van der Waals surface area contributed by atoms with Crippen molar-refractivity contribution in [2.45, 2.75) is 0 Å². The van der Waals surface area contributed by atoms with Gasteiger partial charge in [0.1, 0.15) is 0 Å². The third kappa shape index (κ3) is 2.27. The summed E-state index contributed by atoms with van der Waals surface area (Å²) in [7, 11) is 1.53. The van der Waals surface area contributed by atoms with Crippen LogP contribution in [0.2, 0.25) is 0 Å². The number of hydrogen-bond donors (Lipinski definition) is 1. The van der Waals surface area contributed by atoms with Crippen LogP contribution in [-0.2, 0) is 4.74 Å². The maximum atomic E-state index is 5.37. The fourth-order valence-corrected chi connectivity index (χ4v) is 0.891. The van der Waals surface area contributed by atoms with Crippen LogP contribution < -0.4 is 5.73 Å². The predicted molar refractivity (Wildman–Crippen MR) is 46.5 cm³/mol. The number of rotatable bonds is 3. The summed E-state index contributed by atoms with van der Waals surface area (Å²) in [6.45, 7) is 7.04. The fourth-order valence-electron chi connectivity index (χ4n) is 0.475. The lowest BCUT2D eigenvalue weighted by Gasteiger charge is -2.05. The van der Waals surface area contributed by atoms with Gasteiger partial charge in [0.2, 0.25) is 0 Å². The van der Waals surface area contributed by atoms with Gasteiger partial charge in [-0.3, -0.25) is 0 Å². The number of methoxy groups -OCH3 is 1. The largest absolute Gasteiger partial charge is 0.493 e. The molecule has 0 heterocycles. The van der Waals surface area contributed by atoms with Gasteiger partial charge in [-0.25, -0.2) is 0 Å². The van der Waals surface area contributed by atoms with Crippen LogP contribution in [0.5, 0.6) is 0 Å². The third-order valence-corrected chi connectivity index (χ3v) is 1.58. The molecular weight excluding hydrogens is 194 g/mol. The van der Waals surface area contributed by atoms with Crippen molar-refractivity contribution in [3.63, 3.8) is 0 Å². The Kier molecular flexibility index (Phi) is 3.88. The minimum Gasteiger partial charge on any atom is -0.493 e. The summed E-state index contributed by atoms with van der Waals surface area (Å²) in [6, 6.07) is 0. The first-order valence-electron chi connectivity index (χ1n) is 2.64. The molecule has 0 aliphatic rings. The van der Waals surface area contributed by atoms with Gasteiger partial charge in [0, 0.05) is 0 Å². The van der Waals surface area contributed by atoms with E-state index in [1.54, 1.807) is 6.08 Å². The lowest BCUT2D eigenvalue weighted by molar-refractivity contribution is 0.299. The number of nitrogens with two attached hydrogens (primary N) is 1. The van der Waals surface area contributed by atoms with Crippen LogP contribution in [0, 0.1) is 0 Å². The first kappa shape index (κ1) is 9.30. The summed E-state index contributed by atoms with van der Waals surface area (Å²) in [6.07, 6.45) is 1.59. The molecule has 0 fully saturated rings. The molecule has 10 heavy (non-hydrogen) atoms. The molecule has 0 atom stereocenters. The molecule has 3 heteroatoms. The predicted octanol–water partition coefficient (Wildman–Crippen LogP) is 1.90. The molecule has 0 radical (unpaired) electrons. The molecule has 0 amide bonds. The smallest absolute Gasteiger partial charge is 0.155 e. The lowest BCUT2D eigenvalue weighted by Crippen LogP contribution is -2.01. The van der Waals surface area contributed by atoms with E-state index in [9.17, 15) is 0 Å². The summed E-state index contributed by atoms with van der Waals surface area (Å²) >= 11 is 3.20. The number of allylic oxidation sites excluding steroid dienone is 2. The van der Waals surface area contributed by atoms with E-state index in [1.165, 1.54) is 7.11 Å². The molecule has 0 rings (SSSR count). The van der Waals surface area contributed by atoms with E-state index in [1.807, 2.05) is 0 Å². The van der Waals surface area contributed by atoms with Gasteiger partial charge < -0.3 is 10.5 Å². The van der Waals surface area contributed by atoms with Crippen molar-refractivity contribution in [2.24, 2.45) is 5.73 Å². The Hall–Kier alpha value is -0.700. The van der Waals surface area contributed by atoms with Crippen LogP contribution >= 0.6 is 15.9 Å². The zero-order valence-electron chi connectivity index (χ0n) is 5.86. The summed E-state index contributed by atoms with van der Waals surface area (Å²) in [5.41, 5.74) is 5.75. The highest BCUT2D eigenvalue weighted by Gasteiger charge is 2.01. The van der Waals surface area contributed by atoms with Crippen molar-refractivity contribution >= 4 is 15.9 Å². The lowest BCUT2D eigenvalue weighted by atomic mass is 10.3. The highest BCUT2D eigenvalue weighted by molar-refractivity contribution is 9.11. The number of hydrogen-bond acceptors (Lipinski definition) is 2. The zero-order valence-corrected chi connectivity index (χ0v) is 7.44. The molecule has 2 nitrogen and oxygen atoms in total. The molecule has 0 aliphatic carbocycles. The van der Waals surface area contributed by atoms with Crippen LogP contribution in [0.15, 0.2) is 35.2 Å². The Morgan fingerprint density at radius 3 is 2.30 bits per heavy atom. The van der Waals surface area contributed by atoms with Gasteiger partial charge in [0.05, 0.1) is 17.3 Å². The number of halogens is 1. The van der Waals surface area contributed by atoms with Crippen LogP contribution in [0.3, 0.4) is 0 Å². The normalized spacial score (nSPS) is 11.8. The molecule has 0 aromatic rings. The van der Waals surface area contributed by atoms with Crippen molar-refractivity contribution in [1.82, 2.24) is 0 Å².